The average Bonchev–Trinajstić information content (AvgIpc) is 2.37. The largest absolute Gasteiger partial charge is 0.376 e. The fraction of sp³-hybridized carbons (Fsp3) is 0.625. The fourth-order valence-electron chi connectivity index (χ4n) is 3.32. The third kappa shape index (κ3) is 3.88. The molecule has 1 aromatic carbocycles. The second-order valence-corrected chi connectivity index (χ2v) is 7.36. The normalized spacial score (nSPS) is 22.9. The number of nitro groups is 1. The van der Waals surface area contributed by atoms with E-state index in [1.165, 1.54) is 18.9 Å². The van der Waals surface area contributed by atoms with Crippen molar-refractivity contribution >= 4 is 23.0 Å². The number of hydrogen-bond acceptors (Lipinski definition) is 3. The van der Waals surface area contributed by atoms with Crippen LogP contribution in [0.25, 0.3) is 0 Å². The number of halogens is 1. The molecule has 2 unspecified atom stereocenters. The number of nitrogens with zero attached hydrogens (tertiary/aromatic N) is 1. The molecule has 0 aromatic heterocycles. The maximum absolute atomic E-state index is 11.2. The van der Waals surface area contributed by atoms with E-state index in [9.17, 15) is 10.1 Å². The van der Waals surface area contributed by atoms with Gasteiger partial charge in [-0.2, -0.15) is 0 Å². The quantitative estimate of drug-likeness (QED) is 0.611. The van der Waals surface area contributed by atoms with Crippen LogP contribution in [-0.2, 0) is 0 Å². The summed E-state index contributed by atoms with van der Waals surface area (Å²) < 4.78 is 0. The standard InChI is InChI=1S/C16H23ClN2O2/c1-16(2,3)12-6-4-5-7-13(12)18-14-10-11(17)8-9-15(14)19(20)21/h8-10,12-13,18H,4-7H2,1-3H3. The van der Waals surface area contributed by atoms with E-state index in [2.05, 4.69) is 26.1 Å². The summed E-state index contributed by atoms with van der Waals surface area (Å²) in [5.74, 6) is 0.504. The monoisotopic (exact) mass is 310 g/mol. The van der Waals surface area contributed by atoms with Crippen molar-refractivity contribution < 1.29 is 4.92 Å². The van der Waals surface area contributed by atoms with Gasteiger partial charge in [0, 0.05) is 17.1 Å². The summed E-state index contributed by atoms with van der Waals surface area (Å²) in [6.07, 6.45) is 4.61. The van der Waals surface area contributed by atoms with Gasteiger partial charge in [-0.15, -0.1) is 0 Å². The van der Waals surface area contributed by atoms with Gasteiger partial charge in [0.05, 0.1) is 4.92 Å². The summed E-state index contributed by atoms with van der Waals surface area (Å²) in [6.45, 7) is 6.72. The van der Waals surface area contributed by atoms with E-state index in [0.717, 1.165) is 12.8 Å². The van der Waals surface area contributed by atoms with Gasteiger partial charge in [0.2, 0.25) is 0 Å². The van der Waals surface area contributed by atoms with Crippen LogP contribution < -0.4 is 5.32 Å². The lowest BCUT2D eigenvalue weighted by Crippen LogP contribution is -2.39. The third-order valence-electron chi connectivity index (χ3n) is 4.37. The Bertz CT molecular complexity index is 525. The zero-order valence-electron chi connectivity index (χ0n) is 12.9. The van der Waals surface area contributed by atoms with Crippen molar-refractivity contribution in [3.8, 4) is 0 Å². The maximum Gasteiger partial charge on any atom is 0.292 e. The summed E-state index contributed by atoms with van der Waals surface area (Å²) >= 11 is 6.00. The first-order valence-electron chi connectivity index (χ1n) is 7.49. The van der Waals surface area contributed by atoms with Crippen LogP contribution in [0.4, 0.5) is 11.4 Å². The Balaban J connectivity index is 2.27. The molecule has 0 amide bonds. The minimum atomic E-state index is -0.354. The molecule has 0 saturated heterocycles. The van der Waals surface area contributed by atoms with Crippen LogP contribution in [-0.4, -0.2) is 11.0 Å². The Morgan fingerprint density at radius 3 is 2.57 bits per heavy atom. The van der Waals surface area contributed by atoms with Crippen molar-refractivity contribution in [2.75, 3.05) is 5.32 Å². The molecule has 0 aliphatic heterocycles. The Morgan fingerprint density at radius 2 is 1.95 bits per heavy atom. The highest BCUT2D eigenvalue weighted by Crippen LogP contribution is 2.40. The first-order chi connectivity index (χ1) is 9.79. The number of nitro benzene ring substituents is 1. The summed E-state index contributed by atoms with van der Waals surface area (Å²) in [5.41, 5.74) is 0.817. The third-order valence-corrected chi connectivity index (χ3v) is 4.61. The topological polar surface area (TPSA) is 55.2 Å². The lowest BCUT2D eigenvalue weighted by molar-refractivity contribution is -0.384. The minimum Gasteiger partial charge on any atom is -0.376 e. The van der Waals surface area contributed by atoms with Crippen LogP contribution in [0.1, 0.15) is 46.5 Å². The molecule has 1 aromatic rings. The van der Waals surface area contributed by atoms with Crippen LogP contribution in [0.2, 0.25) is 5.02 Å². The van der Waals surface area contributed by atoms with Crippen molar-refractivity contribution in [1.29, 1.82) is 0 Å². The molecule has 1 fully saturated rings. The highest BCUT2D eigenvalue weighted by molar-refractivity contribution is 6.31. The molecule has 0 radical (unpaired) electrons. The molecule has 2 atom stereocenters. The molecule has 0 spiro atoms. The molecule has 1 aliphatic carbocycles. The van der Waals surface area contributed by atoms with Crippen molar-refractivity contribution in [3.05, 3.63) is 33.3 Å². The van der Waals surface area contributed by atoms with Crippen LogP contribution in [0, 0.1) is 21.4 Å². The van der Waals surface area contributed by atoms with Crippen LogP contribution in [0.5, 0.6) is 0 Å². The van der Waals surface area contributed by atoms with E-state index in [-0.39, 0.29) is 22.1 Å². The van der Waals surface area contributed by atoms with E-state index < -0.39 is 0 Å². The first-order valence-corrected chi connectivity index (χ1v) is 7.87. The van der Waals surface area contributed by atoms with Crippen molar-refractivity contribution in [1.82, 2.24) is 0 Å². The Morgan fingerprint density at radius 1 is 1.29 bits per heavy atom. The van der Waals surface area contributed by atoms with Gasteiger partial charge >= 0.3 is 0 Å². The number of benzene rings is 1. The van der Waals surface area contributed by atoms with Gasteiger partial charge in [0.25, 0.3) is 5.69 Å². The van der Waals surface area contributed by atoms with Gasteiger partial charge in [-0.25, -0.2) is 0 Å². The molecule has 1 aliphatic rings. The van der Waals surface area contributed by atoms with E-state index in [1.807, 2.05) is 0 Å². The first kappa shape index (κ1) is 16.1. The van der Waals surface area contributed by atoms with Gasteiger partial charge in [0.15, 0.2) is 0 Å². The van der Waals surface area contributed by atoms with E-state index in [0.29, 0.717) is 16.6 Å². The zero-order chi connectivity index (χ0) is 15.6. The minimum absolute atomic E-state index is 0.0950. The van der Waals surface area contributed by atoms with Gasteiger partial charge in [0.1, 0.15) is 5.69 Å². The summed E-state index contributed by atoms with van der Waals surface area (Å²) in [6, 6.07) is 4.96. The molecule has 1 saturated carbocycles. The Labute approximate surface area is 131 Å². The van der Waals surface area contributed by atoms with Crippen molar-refractivity contribution in [2.45, 2.75) is 52.5 Å². The van der Waals surface area contributed by atoms with Crippen LogP contribution in [0.3, 0.4) is 0 Å². The number of nitrogens with one attached hydrogen (secondary N) is 1. The fourth-order valence-corrected chi connectivity index (χ4v) is 3.50. The molecule has 5 heteroatoms. The van der Waals surface area contributed by atoms with Crippen molar-refractivity contribution in [3.63, 3.8) is 0 Å². The average molecular weight is 311 g/mol. The lowest BCUT2D eigenvalue weighted by Gasteiger charge is -2.41. The maximum atomic E-state index is 11.2. The lowest BCUT2D eigenvalue weighted by atomic mass is 9.69. The number of anilines is 1. The van der Waals surface area contributed by atoms with E-state index in [4.69, 9.17) is 11.6 Å². The molecule has 0 bridgehead atoms. The van der Waals surface area contributed by atoms with Gasteiger partial charge in [-0.3, -0.25) is 10.1 Å². The molecule has 0 heterocycles. The van der Waals surface area contributed by atoms with Crippen molar-refractivity contribution in [2.24, 2.45) is 11.3 Å². The molecular weight excluding hydrogens is 288 g/mol. The summed E-state index contributed by atoms with van der Waals surface area (Å²) in [5, 5.41) is 15.1. The molecule has 1 N–H and O–H groups in total. The zero-order valence-corrected chi connectivity index (χ0v) is 13.6. The molecular formula is C16H23ClN2O2. The molecule has 21 heavy (non-hydrogen) atoms. The Kier molecular flexibility index (Phi) is 4.77. The van der Waals surface area contributed by atoms with Gasteiger partial charge < -0.3 is 5.32 Å². The smallest absolute Gasteiger partial charge is 0.292 e. The van der Waals surface area contributed by atoms with Gasteiger partial charge in [-0.05, 0) is 36.3 Å². The molecule has 116 valence electrons. The highest BCUT2D eigenvalue weighted by Gasteiger charge is 2.34. The summed E-state index contributed by atoms with van der Waals surface area (Å²) in [4.78, 5) is 10.8. The van der Waals surface area contributed by atoms with Crippen LogP contribution in [0.15, 0.2) is 18.2 Å². The molecule has 4 nitrogen and oxygen atoms in total. The van der Waals surface area contributed by atoms with E-state index in [1.54, 1.807) is 12.1 Å². The van der Waals surface area contributed by atoms with Crippen LogP contribution >= 0.6 is 11.6 Å². The van der Waals surface area contributed by atoms with Gasteiger partial charge in [-0.1, -0.05) is 45.2 Å². The Hall–Kier alpha value is -1.29. The predicted octanol–water partition coefficient (Wildman–Crippen LogP) is 5.27. The number of hydrogen-bond donors (Lipinski definition) is 1. The van der Waals surface area contributed by atoms with E-state index >= 15 is 0 Å². The second-order valence-electron chi connectivity index (χ2n) is 6.93. The molecule has 2 rings (SSSR count). The highest BCUT2D eigenvalue weighted by atomic mass is 35.5. The second kappa shape index (κ2) is 6.22. The summed E-state index contributed by atoms with van der Waals surface area (Å²) in [7, 11) is 0. The predicted molar refractivity (Wildman–Crippen MR) is 86.9 cm³/mol. The number of rotatable bonds is 3. The SMILES string of the molecule is CC(C)(C)C1CCCCC1Nc1cc(Cl)ccc1[N+](=O)[O-].